The normalized spacial score (nSPS) is 10.3. The van der Waals surface area contributed by atoms with Crippen LogP contribution >= 0.6 is 31.9 Å². The van der Waals surface area contributed by atoms with Crippen LogP contribution in [0.15, 0.2) is 40.1 Å². The average Bonchev–Trinajstić information content (AvgIpc) is 2.48. The SMILES string of the molecule is Brc1cnc(Br)n1-c1ccncc1. The molecule has 13 heavy (non-hydrogen) atoms. The van der Waals surface area contributed by atoms with Gasteiger partial charge < -0.3 is 0 Å². The topological polar surface area (TPSA) is 30.7 Å². The molecule has 0 fully saturated rings. The second kappa shape index (κ2) is 3.59. The summed E-state index contributed by atoms with van der Waals surface area (Å²) in [6, 6.07) is 3.83. The fourth-order valence-electron chi connectivity index (χ4n) is 1.03. The first-order chi connectivity index (χ1) is 6.29. The van der Waals surface area contributed by atoms with Crippen LogP contribution in [0.4, 0.5) is 0 Å². The molecule has 0 radical (unpaired) electrons. The van der Waals surface area contributed by atoms with Crippen molar-refractivity contribution in [3.63, 3.8) is 0 Å². The number of hydrogen-bond donors (Lipinski definition) is 0. The Kier molecular flexibility index (Phi) is 2.46. The second-order valence-corrected chi connectivity index (χ2v) is 3.91. The molecule has 2 aromatic rings. The molecule has 0 aromatic carbocycles. The monoisotopic (exact) mass is 301 g/mol. The molecule has 0 saturated carbocycles. The van der Waals surface area contributed by atoms with Gasteiger partial charge in [0.15, 0.2) is 4.73 Å². The standard InChI is InChI=1S/C8H5Br2N3/c9-7-5-12-8(10)13(7)6-1-3-11-4-2-6/h1-5H. The lowest BCUT2D eigenvalue weighted by Gasteiger charge is -2.03. The molecule has 5 heteroatoms. The van der Waals surface area contributed by atoms with Crippen LogP contribution in [0.25, 0.3) is 5.69 Å². The van der Waals surface area contributed by atoms with Crippen molar-refractivity contribution in [1.29, 1.82) is 0 Å². The van der Waals surface area contributed by atoms with Crippen LogP contribution < -0.4 is 0 Å². The van der Waals surface area contributed by atoms with Crippen molar-refractivity contribution in [2.24, 2.45) is 0 Å². The van der Waals surface area contributed by atoms with Crippen molar-refractivity contribution in [3.8, 4) is 5.69 Å². The lowest BCUT2D eigenvalue weighted by Crippen LogP contribution is -1.94. The van der Waals surface area contributed by atoms with Gasteiger partial charge in [-0.3, -0.25) is 9.55 Å². The summed E-state index contributed by atoms with van der Waals surface area (Å²) < 4.78 is 3.61. The molecule has 0 aliphatic rings. The van der Waals surface area contributed by atoms with E-state index in [4.69, 9.17) is 0 Å². The van der Waals surface area contributed by atoms with Crippen molar-refractivity contribution in [1.82, 2.24) is 14.5 Å². The van der Waals surface area contributed by atoms with Gasteiger partial charge in [0.2, 0.25) is 0 Å². The van der Waals surface area contributed by atoms with Gasteiger partial charge >= 0.3 is 0 Å². The van der Waals surface area contributed by atoms with Crippen molar-refractivity contribution >= 4 is 31.9 Å². The van der Waals surface area contributed by atoms with Crippen LogP contribution in [0, 0.1) is 0 Å². The van der Waals surface area contributed by atoms with Gasteiger partial charge in [0.1, 0.15) is 4.60 Å². The number of hydrogen-bond acceptors (Lipinski definition) is 2. The summed E-state index contributed by atoms with van der Waals surface area (Å²) in [5.74, 6) is 0. The summed E-state index contributed by atoms with van der Waals surface area (Å²) in [6.07, 6.45) is 5.23. The minimum atomic E-state index is 0.769. The van der Waals surface area contributed by atoms with Gasteiger partial charge in [-0.05, 0) is 44.0 Å². The van der Waals surface area contributed by atoms with E-state index in [1.54, 1.807) is 18.6 Å². The van der Waals surface area contributed by atoms with Crippen LogP contribution in [0.3, 0.4) is 0 Å². The summed E-state index contributed by atoms with van der Waals surface area (Å²) in [7, 11) is 0. The Morgan fingerprint density at radius 1 is 1.15 bits per heavy atom. The zero-order valence-corrected chi connectivity index (χ0v) is 9.66. The highest BCUT2D eigenvalue weighted by molar-refractivity contribution is 9.11. The molecule has 3 nitrogen and oxygen atoms in total. The summed E-state index contributed by atoms with van der Waals surface area (Å²) in [5.41, 5.74) is 1.02. The minimum Gasteiger partial charge on any atom is -0.281 e. The Morgan fingerprint density at radius 2 is 1.85 bits per heavy atom. The van der Waals surface area contributed by atoms with Crippen LogP contribution in [0.2, 0.25) is 0 Å². The fourth-order valence-corrected chi connectivity index (χ4v) is 2.24. The largest absolute Gasteiger partial charge is 0.281 e. The highest BCUT2D eigenvalue weighted by atomic mass is 79.9. The predicted octanol–water partition coefficient (Wildman–Crippen LogP) is 2.79. The van der Waals surface area contributed by atoms with Crippen molar-refractivity contribution < 1.29 is 0 Å². The van der Waals surface area contributed by atoms with Crippen LogP contribution in [-0.2, 0) is 0 Å². The van der Waals surface area contributed by atoms with Gasteiger partial charge in [-0.1, -0.05) is 0 Å². The molecular weight excluding hydrogens is 298 g/mol. The predicted molar refractivity (Wildman–Crippen MR) is 56.8 cm³/mol. The smallest absolute Gasteiger partial charge is 0.182 e. The summed E-state index contributed by atoms with van der Waals surface area (Å²) in [5, 5.41) is 0. The summed E-state index contributed by atoms with van der Waals surface area (Å²) >= 11 is 6.76. The lowest BCUT2D eigenvalue weighted by molar-refractivity contribution is 0.986. The van der Waals surface area contributed by atoms with E-state index >= 15 is 0 Å². The molecule has 0 bridgehead atoms. The number of rotatable bonds is 1. The molecule has 66 valence electrons. The van der Waals surface area contributed by atoms with E-state index in [1.165, 1.54) is 0 Å². The maximum atomic E-state index is 4.10. The zero-order chi connectivity index (χ0) is 9.26. The van der Waals surface area contributed by atoms with Crippen LogP contribution in [0.1, 0.15) is 0 Å². The molecule has 0 aliphatic heterocycles. The first kappa shape index (κ1) is 8.90. The molecule has 0 atom stereocenters. The Bertz CT molecular complexity index is 391. The van der Waals surface area contributed by atoms with Crippen molar-refractivity contribution in [2.45, 2.75) is 0 Å². The molecule has 0 unspecified atom stereocenters. The minimum absolute atomic E-state index is 0.769. The molecule has 0 spiro atoms. The van der Waals surface area contributed by atoms with E-state index < -0.39 is 0 Å². The third kappa shape index (κ3) is 1.66. The third-order valence-corrected chi connectivity index (χ3v) is 2.72. The van der Waals surface area contributed by atoms with E-state index in [-0.39, 0.29) is 0 Å². The number of halogens is 2. The van der Waals surface area contributed by atoms with Crippen molar-refractivity contribution in [2.75, 3.05) is 0 Å². The molecular formula is C8H5Br2N3. The second-order valence-electron chi connectivity index (χ2n) is 2.39. The average molecular weight is 303 g/mol. The summed E-state index contributed by atoms with van der Waals surface area (Å²) in [4.78, 5) is 8.06. The number of imidazole rings is 1. The first-order valence-corrected chi connectivity index (χ1v) is 5.17. The van der Waals surface area contributed by atoms with Gasteiger partial charge in [0.25, 0.3) is 0 Å². The highest BCUT2D eigenvalue weighted by Crippen LogP contribution is 2.22. The van der Waals surface area contributed by atoms with E-state index in [0.717, 1.165) is 15.0 Å². The molecule has 2 heterocycles. The van der Waals surface area contributed by atoms with E-state index in [1.807, 2.05) is 16.7 Å². The Hall–Kier alpha value is -0.680. The number of nitrogens with zero attached hydrogens (tertiary/aromatic N) is 3. The summed E-state index contributed by atoms with van der Waals surface area (Å²) in [6.45, 7) is 0. The molecule has 0 N–H and O–H groups in total. The molecule has 2 rings (SSSR count). The van der Waals surface area contributed by atoms with Crippen molar-refractivity contribution in [3.05, 3.63) is 40.1 Å². The molecule has 0 saturated heterocycles. The van der Waals surface area contributed by atoms with Gasteiger partial charge in [0, 0.05) is 12.4 Å². The van der Waals surface area contributed by atoms with Crippen LogP contribution in [-0.4, -0.2) is 14.5 Å². The quantitative estimate of drug-likeness (QED) is 0.811. The van der Waals surface area contributed by atoms with Gasteiger partial charge in [-0.25, -0.2) is 4.98 Å². The molecule has 0 amide bonds. The van der Waals surface area contributed by atoms with Gasteiger partial charge in [-0.15, -0.1) is 0 Å². The maximum absolute atomic E-state index is 4.10. The first-order valence-electron chi connectivity index (χ1n) is 3.58. The number of pyridine rings is 1. The van der Waals surface area contributed by atoms with Gasteiger partial charge in [-0.2, -0.15) is 0 Å². The fraction of sp³-hybridized carbons (Fsp3) is 0. The Balaban J connectivity index is 2.59. The third-order valence-electron chi connectivity index (χ3n) is 1.60. The van der Waals surface area contributed by atoms with Crippen LogP contribution in [0.5, 0.6) is 0 Å². The Morgan fingerprint density at radius 3 is 2.38 bits per heavy atom. The maximum Gasteiger partial charge on any atom is 0.182 e. The van der Waals surface area contributed by atoms with E-state index in [9.17, 15) is 0 Å². The zero-order valence-electron chi connectivity index (χ0n) is 6.48. The highest BCUT2D eigenvalue weighted by Gasteiger charge is 2.05. The molecule has 2 aromatic heterocycles. The lowest BCUT2D eigenvalue weighted by atomic mass is 10.4. The van der Waals surface area contributed by atoms with Gasteiger partial charge in [0.05, 0.1) is 11.9 Å². The molecule has 0 aliphatic carbocycles. The Labute approximate surface area is 92.1 Å². The van der Waals surface area contributed by atoms with E-state index in [0.29, 0.717) is 0 Å². The number of aromatic nitrogens is 3. The van der Waals surface area contributed by atoms with E-state index in [2.05, 4.69) is 41.8 Å².